The minimum absolute atomic E-state index is 0.163. The maximum Gasteiger partial charge on any atom is 0.123 e. The first-order chi connectivity index (χ1) is 9.20. The summed E-state index contributed by atoms with van der Waals surface area (Å²) in [6.07, 6.45) is 2.14. The van der Waals surface area contributed by atoms with Gasteiger partial charge in [0.25, 0.3) is 0 Å². The smallest absolute Gasteiger partial charge is 0.123 e. The summed E-state index contributed by atoms with van der Waals surface area (Å²) in [5.74, 6) is -0.163. The number of benzene rings is 1. The molecule has 0 unspecified atom stereocenters. The van der Waals surface area contributed by atoms with E-state index in [1.54, 1.807) is 23.5 Å². The van der Waals surface area contributed by atoms with Gasteiger partial charge in [0.2, 0.25) is 0 Å². The molecule has 4 heteroatoms. The van der Waals surface area contributed by atoms with Crippen molar-refractivity contribution in [2.45, 2.75) is 25.2 Å². The number of aromatic nitrogens is 1. The van der Waals surface area contributed by atoms with Crippen LogP contribution in [0.2, 0.25) is 0 Å². The SMILES string of the molecule is Cc1ncsc1CCC1(c2ccc(F)cc2)CNC1. The summed E-state index contributed by atoms with van der Waals surface area (Å²) < 4.78 is 13.0. The van der Waals surface area contributed by atoms with Crippen LogP contribution in [0.15, 0.2) is 29.8 Å². The van der Waals surface area contributed by atoms with E-state index in [1.807, 2.05) is 17.6 Å². The lowest BCUT2D eigenvalue weighted by Crippen LogP contribution is -2.57. The molecule has 100 valence electrons. The van der Waals surface area contributed by atoms with Gasteiger partial charge in [0, 0.05) is 23.4 Å². The Morgan fingerprint density at radius 3 is 2.58 bits per heavy atom. The number of aryl methyl sites for hydroxylation is 2. The van der Waals surface area contributed by atoms with Crippen LogP contribution in [-0.4, -0.2) is 18.1 Å². The van der Waals surface area contributed by atoms with Crippen molar-refractivity contribution in [3.05, 3.63) is 51.7 Å². The van der Waals surface area contributed by atoms with Crippen molar-refractivity contribution in [1.29, 1.82) is 0 Å². The number of nitrogens with one attached hydrogen (secondary N) is 1. The van der Waals surface area contributed by atoms with Gasteiger partial charge in [-0.3, -0.25) is 0 Å². The van der Waals surface area contributed by atoms with Gasteiger partial charge in [-0.15, -0.1) is 11.3 Å². The zero-order chi connectivity index (χ0) is 13.3. The molecule has 0 bridgehead atoms. The molecule has 1 aliphatic heterocycles. The predicted octanol–water partition coefficient (Wildman–Crippen LogP) is 3.06. The third kappa shape index (κ3) is 2.42. The van der Waals surface area contributed by atoms with Gasteiger partial charge in [0.1, 0.15) is 5.82 Å². The maximum absolute atomic E-state index is 13.0. The van der Waals surface area contributed by atoms with E-state index < -0.39 is 0 Å². The predicted molar refractivity (Wildman–Crippen MR) is 76.1 cm³/mol. The monoisotopic (exact) mass is 276 g/mol. The third-order valence-electron chi connectivity index (χ3n) is 4.06. The Bertz CT molecular complexity index is 558. The number of hydrogen-bond donors (Lipinski definition) is 1. The van der Waals surface area contributed by atoms with Crippen LogP contribution in [0.25, 0.3) is 0 Å². The van der Waals surface area contributed by atoms with Crippen LogP contribution >= 0.6 is 11.3 Å². The molecule has 0 saturated carbocycles. The lowest BCUT2D eigenvalue weighted by Gasteiger charge is -2.43. The van der Waals surface area contributed by atoms with Crippen molar-refractivity contribution in [2.24, 2.45) is 0 Å². The number of halogens is 1. The van der Waals surface area contributed by atoms with Crippen molar-refractivity contribution < 1.29 is 4.39 Å². The van der Waals surface area contributed by atoms with Gasteiger partial charge in [0.05, 0.1) is 11.2 Å². The summed E-state index contributed by atoms with van der Waals surface area (Å²) in [6, 6.07) is 6.98. The molecule has 1 N–H and O–H groups in total. The van der Waals surface area contributed by atoms with Crippen molar-refractivity contribution in [3.8, 4) is 0 Å². The largest absolute Gasteiger partial charge is 0.315 e. The van der Waals surface area contributed by atoms with Gasteiger partial charge in [-0.1, -0.05) is 12.1 Å². The highest BCUT2D eigenvalue weighted by Crippen LogP contribution is 2.34. The molecule has 1 aromatic carbocycles. The average molecular weight is 276 g/mol. The fraction of sp³-hybridized carbons (Fsp3) is 0.400. The Morgan fingerprint density at radius 1 is 1.32 bits per heavy atom. The van der Waals surface area contributed by atoms with Crippen LogP contribution in [0.4, 0.5) is 4.39 Å². The quantitative estimate of drug-likeness (QED) is 0.928. The second-order valence-electron chi connectivity index (χ2n) is 5.25. The maximum atomic E-state index is 13.0. The third-order valence-corrected chi connectivity index (χ3v) is 5.05. The van der Waals surface area contributed by atoms with E-state index in [0.29, 0.717) is 0 Å². The molecule has 2 aromatic rings. The van der Waals surface area contributed by atoms with Gasteiger partial charge in [-0.25, -0.2) is 9.37 Å². The lowest BCUT2D eigenvalue weighted by molar-refractivity contribution is 0.258. The van der Waals surface area contributed by atoms with Gasteiger partial charge >= 0.3 is 0 Å². The first kappa shape index (κ1) is 12.8. The highest BCUT2D eigenvalue weighted by Gasteiger charge is 2.38. The Kier molecular flexibility index (Phi) is 3.37. The Hall–Kier alpha value is -1.26. The molecule has 19 heavy (non-hydrogen) atoms. The van der Waals surface area contributed by atoms with E-state index >= 15 is 0 Å². The van der Waals surface area contributed by atoms with Crippen LogP contribution in [-0.2, 0) is 11.8 Å². The van der Waals surface area contributed by atoms with Gasteiger partial charge < -0.3 is 5.32 Å². The topological polar surface area (TPSA) is 24.9 Å². The molecule has 0 aliphatic carbocycles. The lowest BCUT2D eigenvalue weighted by atomic mass is 9.72. The summed E-state index contributed by atoms with van der Waals surface area (Å²) in [5.41, 5.74) is 4.47. The fourth-order valence-corrected chi connectivity index (χ4v) is 3.46. The van der Waals surface area contributed by atoms with Crippen molar-refractivity contribution >= 4 is 11.3 Å². The molecule has 0 amide bonds. The van der Waals surface area contributed by atoms with Crippen molar-refractivity contribution in [1.82, 2.24) is 10.3 Å². The Labute approximate surface area is 116 Å². The first-order valence-corrected chi connectivity index (χ1v) is 7.43. The number of thiazole rings is 1. The summed E-state index contributed by atoms with van der Waals surface area (Å²) in [6.45, 7) is 4.03. The van der Waals surface area contributed by atoms with Crippen molar-refractivity contribution in [3.63, 3.8) is 0 Å². The van der Waals surface area contributed by atoms with Gasteiger partial charge in [0.15, 0.2) is 0 Å². The summed E-state index contributed by atoms with van der Waals surface area (Å²) in [7, 11) is 0. The zero-order valence-electron chi connectivity index (χ0n) is 10.9. The normalized spacial score (nSPS) is 17.2. The number of nitrogens with zero attached hydrogens (tertiary/aromatic N) is 1. The molecular weight excluding hydrogens is 259 g/mol. The molecule has 1 saturated heterocycles. The summed E-state index contributed by atoms with van der Waals surface area (Å²) in [4.78, 5) is 5.67. The molecule has 0 atom stereocenters. The molecule has 3 rings (SSSR count). The van der Waals surface area contributed by atoms with E-state index in [2.05, 4.69) is 17.2 Å². The van der Waals surface area contributed by atoms with E-state index in [9.17, 15) is 4.39 Å². The minimum atomic E-state index is -0.163. The Morgan fingerprint density at radius 2 is 2.05 bits per heavy atom. The second kappa shape index (κ2) is 5.02. The van der Waals surface area contributed by atoms with E-state index in [4.69, 9.17) is 0 Å². The molecule has 2 nitrogen and oxygen atoms in total. The number of hydrogen-bond acceptors (Lipinski definition) is 3. The molecule has 1 aliphatic rings. The second-order valence-corrected chi connectivity index (χ2v) is 6.19. The molecular formula is C15H17FN2S. The molecule has 0 radical (unpaired) electrons. The van der Waals surface area contributed by atoms with Crippen LogP contribution in [0.3, 0.4) is 0 Å². The van der Waals surface area contributed by atoms with Crippen molar-refractivity contribution in [2.75, 3.05) is 13.1 Å². The molecule has 0 spiro atoms. The summed E-state index contributed by atoms with van der Waals surface area (Å²) >= 11 is 1.73. The van der Waals surface area contributed by atoms with E-state index in [-0.39, 0.29) is 11.2 Å². The fourth-order valence-electron chi connectivity index (χ4n) is 2.67. The number of rotatable bonds is 4. The zero-order valence-corrected chi connectivity index (χ0v) is 11.8. The molecule has 1 fully saturated rings. The molecule has 1 aromatic heterocycles. The average Bonchev–Trinajstić information content (AvgIpc) is 2.76. The Balaban J connectivity index is 1.76. The van der Waals surface area contributed by atoms with Gasteiger partial charge in [-0.05, 0) is 37.5 Å². The van der Waals surface area contributed by atoms with E-state index in [1.165, 1.54) is 10.4 Å². The van der Waals surface area contributed by atoms with E-state index in [0.717, 1.165) is 31.6 Å². The van der Waals surface area contributed by atoms with Gasteiger partial charge in [-0.2, -0.15) is 0 Å². The molecule has 2 heterocycles. The minimum Gasteiger partial charge on any atom is -0.315 e. The van der Waals surface area contributed by atoms with Crippen LogP contribution in [0, 0.1) is 12.7 Å². The van der Waals surface area contributed by atoms with Crippen LogP contribution in [0.1, 0.15) is 22.6 Å². The van der Waals surface area contributed by atoms with Crippen LogP contribution in [0.5, 0.6) is 0 Å². The standard InChI is InChI=1S/C15H17FN2S/c1-11-14(19-10-18-11)6-7-15(8-17-9-15)12-2-4-13(16)5-3-12/h2-5,10,17H,6-9H2,1H3. The first-order valence-electron chi connectivity index (χ1n) is 6.55. The summed E-state index contributed by atoms with van der Waals surface area (Å²) in [5, 5.41) is 3.35. The highest BCUT2D eigenvalue weighted by molar-refractivity contribution is 7.09. The van der Waals surface area contributed by atoms with Crippen LogP contribution < -0.4 is 5.32 Å². The highest BCUT2D eigenvalue weighted by atomic mass is 32.1.